The van der Waals surface area contributed by atoms with Crippen LogP contribution >= 0.6 is 0 Å². The predicted octanol–water partition coefficient (Wildman–Crippen LogP) is 2.93. The minimum atomic E-state index is -0.751. The van der Waals surface area contributed by atoms with Crippen molar-refractivity contribution in [3.63, 3.8) is 0 Å². The van der Waals surface area contributed by atoms with Gasteiger partial charge in [-0.25, -0.2) is 9.07 Å². The van der Waals surface area contributed by atoms with Crippen LogP contribution in [0, 0.1) is 25.6 Å². The maximum Gasteiger partial charge on any atom is 0.306 e. The monoisotopic (exact) mass is 373 g/mol. The first-order valence-electron chi connectivity index (χ1n) is 9.18. The van der Waals surface area contributed by atoms with Gasteiger partial charge in [0.15, 0.2) is 0 Å². The molecule has 1 aliphatic carbocycles. The van der Waals surface area contributed by atoms with E-state index in [-0.39, 0.29) is 30.1 Å². The zero-order valence-corrected chi connectivity index (χ0v) is 15.5. The van der Waals surface area contributed by atoms with E-state index < -0.39 is 5.97 Å². The van der Waals surface area contributed by atoms with E-state index in [0.29, 0.717) is 25.7 Å². The molecule has 3 rings (SSSR count). The second-order valence-electron chi connectivity index (χ2n) is 7.17. The van der Waals surface area contributed by atoms with E-state index >= 15 is 0 Å². The fourth-order valence-electron chi connectivity index (χ4n) is 3.69. The Hall–Kier alpha value is -2.70. The van der Waals surface area contributed by atoms with Crippen molar-refractivity contribution < 1.29 is 19.1 Å². The first-order valence-corrected chi connectivity index (χ1v) is 9.18. The van der Waals surface area contributed by atoms with Gasteiger partial charge in [-0.05, 0) is 63.8 Å². The zero-order chi connectivity index (χ0) is 19.6. The molecular formula is C20H24FN3O3. The third-order valence-corrected chi connectivity index (χ3v) is 5.29. The Morgan fingerprint density at radius 1 is 1.19 bits per heavy atom. The van der Waals surface area contributed by atoms with E-state index in [0.717, 1.165) is 22.6 Å². The van der Waals surface area contributed by atoms with Gasteiger partial charge in [0.2, 0.25) is 5.91 Å². The van der Waals surface area contributed by atoms with Gasteiger partial charge in [0, 0.05) is 17.3 Å². The van der Waals surface area contributed by atoms with E-state index in [4.69, 9.17) is 5.11 Å². The van der Waals surface area contributed by atoms with Crippen LogP contribution in [-0.4, -0.2) is 32.8 Å². The molecule has 1 saturated carbocycles. The topological polar surface area (TPSA) is 84.2 Å². The van der Waals surface area contributed by atoms with Gasteiger partial charge >= 0.3 is 5.97 Å². The number of rotatable bonds is 5. The van der Waals surface area contributed by atoms with E-state index in [1.165, 1.54) is 12.1 Å². The number of nitrogens with zero attached hydrogens (tertiary/aromatic N) is 2. The van der Waals surface area contributed by atoms with E-state index in [2.05, 4.69) is 10.4 Å². The molecule has 1 fully saturated rings. The van der Waals surface area contributed by atoms with Crippen LogP contribution in [-0.2, 0) is 16.0 Å². The Bertz CT molecular complexity index is 837. The number of carboxylic acid groups (broad SMARTS) is 1. The fraction of sp³-hybridized carbons (Fsp3) is 0.450. The summed E-state index contributed by atoms with van der Waals surface area (Å²) in [5.74, 6) is -1.44. The summed E-state index contributed by atoms with van der Waals surface area (Å²) < 4.78 is 14.9. The number of hydrogen-bond acceptors (Lipinski definition) is 3. The van der Waals surface area contributed by atoms with Gasteiger partial charge in [-0.15, -0.1) is 0 Å². The molecule has 7 heteroatoms. The van der Waals surface area contributed by atoms with Gasteiger partial charge in [-0.3, -0.25) is 9.59 Å². The highest BCUT2D eigenvalue weighted by Crippen LogP contribution is 2.25. The summed E-state index contributed by atoms with van der Waals surface area (Å²) in [5.41, 5.74) is 3.22. The van der Waals surface area contributed by atoms with Crippen molar-refractivity contribution in [2.45, 2.75) is 52.0 Å². The second kappa shape index (κ2) is 7.90. The van der Waals surface area contributed by atoms with Crippen LogP contribution in [0.3, 0.4) is 0 Å². The van der Waals surface area contributed by atoms with Crippen molar-refractivity contribution in [3.05, 3.63) is 47.0 Å². The van der Waals surface area contributed by atoms with Crippen LogP contribution in [0.4, 0.5) is 4.39 Å². The summed E-state index contributed by atoms with van der Waals surface area (Å²) in [4.78, 5) is 23.5. The molecule has 1 aliphatic rings. The number of amides is 1. The average Bonchev–Trinajstić information content (AvgIpc) is 2.91. The molecule has 1 aromatic heterocycles. The van der Waals surface area contributed by atoms with Gasteiger partial charge < -0.3 is 10.4 Å². The molecule has 0 saturated heterocycles. The van der Waals surface area contributed by atoms with E-state index in [9.17, 15) is 14.0 Å². The van der Waals surface area contributed by atoms with Crippen molar-refractivity contribution in [1.29, 1.82) is 0 Å². The summed E-state index contributed by atoms with van der Waals surface area (Å²) >= 11 is 0. The van der Waals surface area contributed by atoms with Gasteiger partial charge in [-0.2, -0.15) is 5.10 Å². The number of halogens is 1. The molecule has 0 spiro atoms. The molecule has 0 unspecified atom stereocenters. The predicted molar refractivity (Wildman–Crippen MR) is 98.2 cm³/mol. The number of carboxylic acids is 1. The molecule has 1 amide bonds. The number of aliphatic carboxylic acids is 1. The third kappa shape index (κ3) is 4.35. The Labute approximate surface area is 157 Å². The third-order valence-electron chi connectivity index (χ3n) is 5.29. The maximum atomic E-state index is 13.1. The Kier molecular flexibility index (Phi) is 5.58. The highest BCUT2D eigenvalue weighted by Gasteiger charge is 2.27. The highest BCUT2D eigenvalue weighted by atomic mass is 19.1. The lowest BCUT2D eigenvalue weighted by Crippen LogP contribution is -2.39. The lowest BCUT2D eigenvalue weighted by Gasteiger charge is -2.26. The fourth-order valence-corrected chi connectivity index (χ4v) is 3.69. The number of carbonyl (C=O) groups excluding carboxylic acids is 1. The SMILES string of the molecule is Cc1nn(-c2ccc(F)cc2)c(C)c1CC(=O)NC1CCC(C(=O)O)CC1. The van der Waals surface area contributed by atoms with E-state index in [1.54, 1.807) is 16.8 Å². The lowest BCUT2D eigenvalue weighted by molar-refractivity contribution is -0.142. The molecule has 6 nitrogen and oxygen atoms in total. The molecule has 0 atom stereocenters. The molecule has 1 heterocycles. The number of aryl methyl sites for hydroxylation is 1. The smallest absolute Gasteiger partial charge is 0.306 e. The standard InChI is InChI=1S/C20H24FN3O3/c1-12-18(13(2)24(23-12)17-9-5-15(21)6-10-17)11-19(25)22-16-7-3-14(4-8-16)20(26)27/h5-6,9-10,14,16H,3-4,7-8,11H2,1-2H3,(H,22,25)(H,26,27). The summed E-state index contributed by atoms with van der Waals surface area (Å²) in [6.07, 6.45) is 2.80. The average molecular weight is 373 g/mol. The first kappa shape index (κ1) is 19.1. The highest BCUT2D eigenvalue weighted by molar-refractivity contribution is 5.79. The Morgan fingerprint density at radius 2 is 1.81 bits per heavy atom. The molecule has 2 aromatic rings. The van der Waals surface area contributed by atoms with Crippen LogP contribution in [0.15, 0.2) is 24.3 Å². The number of aromatic nitrogens is 2. The molecule has 2 N–H and O–H groups in total. The molecular weight excluding hydrogens is 349 g/mol. The minimum Gasteiger partial charge on any atom is -0.481 e. The Balaban J connectivity index is 1.65. The minimum absolute atomic E-state index is 0.0286. The van der Waals surface area contributed by atoms with Crippen molar-refractivity contribution in [2.24, 2.45) is 5.92 Å². The summed E-state index contributed by atoms with van der Waals surface area (Å²) in [6, 6.07) is 6.09. The number of nitrogens with one attached hydrogen (secondary N) is 1. The van der Waals surface area contributed by atoms with Crippen molar-refractivity contribution in [2.75, 3.05) is 0 Å². The largest absolute Gasteiger partial charge is 0.481 e. The molecule has 0 radical (unpaired) electrons. The van der Waals surface area contributed by atoms with Gasteiger partial charge in [0.25, 0.3) is 0 Å². The van der Waals surface area contributed by atoms with Crippen molar-refractivity contribution in [1.82, 2.24) is 15.1 Å². The molecule has 144 valence electrons. The quantitative estimate of drug-likeness (QED) is 0.844. The summed E-state index contributed by atoms with van der Waals surface area (Å²) in [6.45, 7) is 3.75. The first-order chi connectivity index (χ1) is 12.8. The normalized spacial score (nSPS) is 19.7. The van der Waals surface area contributed by atoms with Crippen molar-refractivity contribution in [3.8, 4) is 5.69 Å². The van der Waals surface area contributed by atoms with Crippen LogP contribution < -0.4 is 5.32 Å². The zero-order valence-electron chi connectivity index (χ0n) is 15.5. The molecule has 27 heavy (non-hydrogen) atoms. The Morgan fingerprint density at radius 3 is 2.41 bits per heavy atom. The van der Waals surface area contributed by atoms with E-state index in [1.807, 2.05) is 13.8 Å². The lowest BCUT2D eigenvalue weighted by atomic mass is 9.86. The van der Waals surface area contributed by atoms with Crippen LogP contribution in [0.2, 0.25) is 0 Å². The molecule has 1 aromatic carbocycles. The van der Waals surface area contributed by atoms with Crippen LogP contribution in [0.1, 0.15) is 42.6 Å². The van der Waals surface area contributed by atoms with Crippen molar-refractivity contribution >= 4 is 11.9 Å². The summed E-state index contributed by atoms with van der Waals surface area (Å²) in [5, 5.41) is 16.6. The number of carbonyl (C=O) groups is 2. The second-order valence-corrected chi connectivity index (χ2v) is 7.17. The van der Waals surface area contributed by atoms with Gasteiger partial charge in [0.1, 0.15) is 5.82 Å². The maximum absolute atomic E-state index is 13.1. The summed E-state index contributed by atoms with van der Waals surface area (Å²) in [7, 11) is 0. The number of benzene rings is 1. The van der Waals surface area contributed by atoms with Crippen LogP contribution in [0.5, 0.6) is 0 Å². The van der Waals surface area contributed by atoms with Gasteiger partial charge in [-0.1, -0.05) is 0 Å². The molecule has 0 bridgehead atoms. The molecule has 0 aliphatic heterocycles. The van der Waals surface area contributed by atoms with Gasteiger partial charge in [0.05, 0.1) is 23.7 Å². The van der Waals surface area contributed by atoms with Crippen LogP contribution in [0.25, 0.3) is 5.69 Å². The number of hydrogen-bond donors (Lipinski definition) is 2.